The highest BCUT2D eigenvalue weighted by molar-refractivity contribution is 7.93. The van der Waals surface area contributed by atoms with Crippen molar-refractivity contribution < 1.29 is 18.3 Å². The second-order valence-electron chi connectivity index (χ2n) is 3.98. The number of carboxylic acid groups (broad SMARTS) is 1. The number of benzene rings is 1. The number of carbonyl (C=O) groups is 1. The molecule has 1 aromatic carbocycles. The molecule has 0 saturated heterocycles. The molecule has 0 unspecified atom stereocenters. The summed E-state index contributed by atoms with van der Waals surface area (Å²) in [6.07, 6.45) is -0.226. The van der Waals surface area contributed by atoms with Gasteiger partial charge in [0.1, 0.15) is 0 Å². The van der Waals surface area contributed by atoms with Crippen LogP contribution < -0.4 is 4.31 Å². The quantitative estimate of drug-likeness (QED) is 0.906. The predicted molar refractivity (Wildman–Crippen MR) is 75.5 cm³/mol. The summed E-state index contributed by atoms with van der Waals surface area (Å²) < 4.78 is 25.7. The van der Waals surface area contributed by atoms with Crippen molar-refractivity contribution >= 4 is 32.5 Å². The number of aromatic nitrogens is 1. The highest BCUT2D eigenvalue weighted by Crippen LogP contribution is 2.25. The van der Waals surface area contributed by atoms with Gasteiger partial charge >= 0.3 is 5.97 Å². The maximum atomic E-state index is 12.3. The zero-order chi connectivity index (χ0) is 14.8. The summed E-state index contributed by atoms with van der Waals surface area (Å²) in [5, 5.41) is 10.5. The molecule has 1 N–H and O–H groups in total. The zero-order valence-electron chi connectivity index (χ0n) is 10.6. The molecule has 0 amide bonds. The lowest BCUT2D eigenvalue weighted by molar-refractivity contribution is -0.136. The number of anilines is 1. The molecule has 0 spiro atoms. The third-order valence-electron chi connectivity index (χ3n) is 2.54. The van der Waals surface area contributed by atoms with Crippen LogP contribution in [-0.4, -0.2) is 31.5 Å². The van der Waals surface area contributed by atoms with E-state index in [0.29, 0.717) is 5.69 Å². The van der Waals surface area contributed by atoms with Gasteiger partial charge in [-0.25, -0.2) is 17.7 Å². The largest absolute Gasteiger partial charge is 0.481 e. The maximum Gasteiger partial charge on any atom is 0.309 e. The SMILES string of the molecule is CN(c1nc(CC(=O)O)cs1)S(=O)(=O)c1ccccc1. The Labute approximate surface area is 120 Å². The predicted octanol–water partition coefficient (Wildman–Crippen LogP) is 1.60. The Hall–Kier alpha value is -1.93. The van der Waals surface area contributed by atoms with Gasteiger partial charge < -0.3 is 5.11 Å². The summed E-state index contributed by atoms with van der Waals surface area (Å²) in [5.41, 5.74) is 0.340. The van der Waals surface area contributed by atoms with Gasteiger partial charge in [0.15, 0.2) is 5.13 Å². The Bertz CT molecular complexity index is 710. The number of aliphatic carboxylic acids is 1. The second-order valence-corrected chi connectivity index (χ2v) is 6.78. The van der Waals surface area contributed by atoms with Gasteiger partial charge in [0, 0.05) is 12.4 Å². The molecule has 6 nitrogen and oxygen atoms in total. The molecule has 2 aromatic rings. The highest BCUT2D eigenvalue weighted by atomic mass is 32.2. The van der Waals surface area contributed by atoms with E-state index in [2.05, 4.69) is 4.98 Å². The van der Waals surface area contributed by atoms with Crippen LogP contribution in [0, 0.1) is 0 Å². The van der Waals surface area contributed by atoms with Crippen molar-refractivity contribution in [2.45, 2.75) is 11.3 Å². The molecule has 0 aliphatic carbocycles. The van der Waals surface area contributed by atoms with Crippen molar-refractivity contribution in [2.75, 3.05) is 11.4 Å². The van der Waals surface area contributed by atoms with E-state index in [1.165, 1.54) is 19.2 Å². The summed E-state index contributed by atoms with van der Waals surface area (Å²) >= 11 is 1.09. The van der Waals surface area contributed by atoms with Gasteiger partial charge in [-0.15, -0.1) is 11.3 Å². The average Bonchev–Trinajstić information content (AvgIpc) is 2.86. The van der Waals surface area contributed by atoms with E-state index in [0.717, 1.165) is 15.6 Å². The zero-order valence-corrected chi connectivity index (χ0v) is 12.2. The molecular weight excluding hydrogens is 300 g/mol. The Kier molecular flexibility index (Phi) is 4.05. The van der Waals surface area contributed by atoms with Crippen LogP contribution in [0.25, 0.3) is 0 Å². The molecule has 2 rings (SSSR count). The van der Waals surface area contributed by atoms with Crippen LogP contribution >= 0.6 is 11.3 Å². The van der Waals surface area contributed by atoms with Gasteiger partial charge in [0.2, 0.25) is 0 Å². The minimum Gasteiger partial charge on any atom is -0.481 e. The fourth-order valence-electron chi connectivity index (χ4n) is 1.53. The van der Waals surface area contributed by atoms with E-state index in [-0.39, 0.29) is 16.4 Å². The molecule has 8 heteroatoms. The smallest absolute Gasteiger partial charge is 0.309 e. The molecule has 0 radical (unpaired) electrons. The number of rotatable bonds is 5. The van der Waals surface area contributed by atoms with Crippen molar-refractivity contribution in [3.05, 3.63) is 41.4 Å². The number of sulfonamides is 1. The monoisotopic (exact) mass is 312 g/mol. The Morgan fingerprint density at radius 2 is 2.00 bits per heavy atom. The van der Waals surface area contributed by atoms with Gasteiger partial charge in [-0.1, -0.05) is 18.2 Å². The second kappa shape index (κ2) is 5.59. The third kappa shape index (κ3) is 2.97. The summed E-state index contributed by atoms with van der Waals surface area (Å²) in [6.45, 7) is 0. The molecule has 1 heterocycles. The number of nitrogens with zero attached hydrogens (tertiary/aromatic N) is 2. The average molecular weight is 312 g/mol. The molecule has 20 heavy (non-hydrogen) atoms. The highest BCUT2D eigenvalue weighted by Gasteiger charge is 2.23. The minimum absolute atomic E-state index is 0.164. The molecule has 0 aliphatic rings. The standard InChI is InChI=1S/C12H12N2O4S2/c1-14(12-13-9(8-19-12)7-11(15)16)20(17,18)10-5-3-2-4-6-10/h2-6,8H,7H2,1H3,(H,15,16). The molecular formula is C12H12N2O4S2. The fourth-order valence-corrected chi connectivity index (χ4v) is 3.71. The normalized spacial score (nSPS) is 11.2. The van der Waals surface area contributed by atoms with E-state index in [1.807, 2.05) is 0 Å². The van der Waals surface area contributed by atoms with Gasteiger partial charge in [-0.2, -0.15) is 0 Å². The van der Waals surface area contributed by atoms with Crippen LogP contribution in [0.1, 0.15) is 5.69 Å². The molecule has 0 aliphatic heterocycles. The van der Waals surface area contributed by atoms with E-state index in [9.17, 15) is 13.2 Å². The lowest BCUT2D eigenvalue weighted by atomic mass is 10.3. The molecule has 0 fully saturated rings. The van der Waals surface area contributed by atoms with Gasteiger partial charge in [-0.05, 0) is 12.1 Å². The number of hydrogen-bond acceptors (Lipinski definition) is 5. The number of carboxylic acids is 1. The van der Waals surface area contributed by atoms with Crippen LogP contribution in [0.2, 0.25) is 0 Å². The summed E-state index contributed by atoms with van der Waals surface area (Å²) in [5.74, 6) is -1.00. The third-order valence-corrected chi connectivity index (χ3v) is 5.39. The molecule has 0 bridgehead atoms. The van der Waals surface area contributed by atoms with E-state index in [4.69, 9.17) is 5.11 Å². The van der Waals surface area contributed by atoms with Crippen LogP contribution in [0.3, 0.4) is 0 Å². The number of hydrogen-bond donors (Lipinski definition) is 1. The van der Waals surface area contributed by atoms with Crippen molar-refractivity contribution in [2.24, 2.45) is 0 Å². The Balaban J connectivity index is 2.29. The molecule has 0 saturated carbocycles. The van der Waals surface area contributed by atoms with E-state index >= 15 is 0 Å². The first-order chi connectivity index (χ1) is 9.41. The topological polar surface area (TPSA) is 87.6 Å². The Morgan fingerprint density at radius 1 is 1.35 bits per heavy atom. The van der Waals surface area contributed by atoms with Crippen LogP contribution in [0.5, 0.6) is 0 Å². The van der Waals surface area contributed by atoms with Gasteiger partial charge in [0.05, 0.1) is 17.0 Å². The summed E-state index contributed by atoms with van der Waals surface area (Å²) in [7, 11) is -2.28. The van der Waals surface area contributed by atoms with Crippen molar-refractivity contribution in [1.29, 1.82) is 0 Å². The summed E-state index contributed by atoms with van der Waals surface area (Å²) in [6, 6.07) is 8.00. The van der Waals surface area contributed by atoms with Gasteiger partial charge in [0.25, 0.3) is 10.0 Å². The van der Waals surface area contributed by atoms with Crippen molar-refractivity contribution in [3.8, 4) is 0 Å². The fraction of sp³-hybridized carbons (Fsp3) is 0.167. The molecule has 1 aromatic heterocycles. The van der Waals surface area contributed by atoms with Crippen LogP contribution in [0.4, 0.5) is 5.13 Å². The van der Waals surface area contributed by atoms with E-state index in [1.54, 1.807) is 23.6 Å². The Morgan fingerprint density at radius 3 is 2.60 bits per heavy atom. The maximum absolute atomic E-state index is 12.3. The van der Waals surface area contributed by atoms with Crippen LogP contribution in [-0.2, 0) is 21.2 Å². The van der Waals surface area contributed by atoms with E-state index < -0.39 is 16.0 Å². The number of thiazole rings is 1. The first kappa shape index (κ1) is 14.5. The van der Waals surface area contributed by atoms with Crippen molar-refractivity contribution in [1.82, 2.24) is 4.98 Å². The lowest BCUT2D eigenvalue weighted by Gasteiger charge is -2.16. The molecule has 106 valence electrons. The van der Waals surface area contributed by atoms with Crippen molar-refractivity contribution in [3.63, 3.8) is 0 Å². The first-order valence-electron chi connectivity index (χ1n) is 5.61. The van der Waals surface area contributed by atoms with Crippen LogP contribution in [0.15, 0.2) is 40.6 Å². The van der Waals surface area contributed by atoms with Gasteiger partial charge in [-0.3, -0.25) is 4.79 Å². The minimum atomic E-state index is -3.67. The summed E-state index contributed by atoms with van der Waals surface area (Å²) in [4.78, 5) is 14.8. The molecule has 0 atom stereocenters. The lowest BCUT2D eigenvalue weighted by Crippen LogP contribution is -2.26. The first-order valence-corrected chi connectivity index (χ1v) is 7.93.